The quantitative estimate of drug-likeness (QED) is 0.397. The molecule has 2 aliphatic rings. The van der Waals surface area contributed by atoms with Gasteiger partial charge in [0.25, 0.3) is 0 Å². The smallest absolute Gasteiger partial charge is 0.144 e. The number of aliphatic imine (C=N–C) groups is 1. The van der Waals surface area contributed by atoms with Crippen LogP contribution >= 0.6 is 11.8 Å². The molecule has 4 heteroatoms. The maximum atomic E-state index is 5.83. The van der Waals surface area contributed by atoms with Crippen molar-refractivity contribution in [3.05, 3.63) is 53.1 Å². The standard InChI is InChI=1S/C13H20N2.C7H6OS/c1-4-7-15-13(14)9-12-6-5-10(2)11(3)8-12;1-9-7-5-3-2-4-6(7)8-5/h5-6,8H,4,7,9H2,1-3H3,(H2,14,15);2-4H,1H3. The SMILES string of the molecule is CCCN=C(N)Cc1ccc(C)c(C)c1.CSc1c2cccc1O2. The van der Waals surface area contributed by atoms with Crippen LogP contribution in [0.3, 0.4) is 0 Å². The van der Waals surface area contributed by atoms with Gasteiger partial charge in [0, 0.05) is 13.0 Å². The van der Waals surface area contributed by atoms with Gasteiger partial charge in [0.15, 0.2) is 0 Å². The van der Waals surface area contributed by atoms with E-state index in [1.165, 1.54) is 21.6 Å². The summed E-state index contributed by atoms with van der Waals surface area (Å²) in [6, 6.07) is 12.4. The van der Waals surface area contributed by atoms with Crippen molar-refractivity contribution in [1.29, 1.82) is 0 Å². The van der Waals surface area contributed by atoms with Gasteiger partial charge in [-0.15, -0.1) is 11.8 Å². The van der Waals surface area contributed by atoms with E-state index in [0.29, 0.717) is 0 Å². The maximum absolute atomic E-state index is 5.83. The number of thioether (sulfide) groups is 1. The number of aryl methyl sites for hydroxylation is 2. The maximum Gasteiger partial charge on any atom is 0.144 e. The molecule has 2 bridgehead atoms. The summed E-state index contributed by atoms with van der Waals surface area (Å²) in [6.45, 7) is 7.18. The van der Waals surface area contributed by atoms with Crippen LogP contribution in [-0.4, -0.2) is 18.6 Å². The Morgan fingerprint density at radius 3 is 2.33 bits per heavy atom. The summed E-state index contributed by atoms with van der Waals surface area (Å²) in [6.07, 6.45) is 3.87. The molecule has 24 heavy (non-hydrogen) atoms. The number of rotatable bonds is 5. The van der Waals surface area contributed by atoms with Crippen LogP contribution in [0.5, 0.6) is 11.5 Å². The summed E-state index contributed by atoms with van der Waals surface area (Å²) in [5.74, 6) is 2.79. The Balaban J connectivity index is 0.000000194. The molecule has 2 aromatic carbocycles. The van der Waals surface area contributed by atoms with Crippen LogP contribution < -0.4 is 10.5 Å². The second kappa shape index (κ2) is 8.78. The minimum Gasteiger partial charge on any atom is -0.455 e. The van der Waals surface area contributed by atoms with Gasteiger partial charge in [-0.25, -0.2) is 0 Å². The van der Waals surface area contributed by atoms with Gasteiger partial charge >= 0.3 is 0 Å². The number of nitrogens with zero attached hydrogens (tertiary/aromatic N) is 1. The van der Waals surface area contributed by atoms with Crippen LogP contribution in [0.15, 0.2) is 46.3 Å². The molecule has 4 rings (SSSR count). The molecule has 0 spiro atoms. The molecule has 0 atom stereocenters. The first-order chi connectivity index (χ1) is 11.5. The molecule has 0 aliphatic carbocycles. The first-order valence-corrected chi connectivity index (χ1v) is 9.47. The van der Waals surface area contributed by atoms with Crippen LogP contribution in [-0.2, 0) is 6.42 Å². The molecule has 0 saturated heterocycles. The van der Waals surface area contributed by atoms with Gasteiger partial charge in [-0.3, -0.25) is 4.99 Å². The number of hydrogen-bond acceptors (Lipinski definition) is 3. The topological polar surface area (TPSA) is 47.6 Å². The summed E-state index contributed by atoms with van der Waals surface area (Å²) < 4.78 is 5.21. The summed E-state index contributed by atoms with van der Waals surface area (Å²) in [5, 5.41) is 0. The Bertz CT molecular complexity index is 705. The average Bonchev–Trinajstić information content (AvgIpc) is 2.58. The van der Waals surface area contributed by atoms with Crippen molar-refractivity contribution in [2.75, 3.05) is 12.8 Å². The third-order valence-electron chi connectivity index (χ3n) is 3.86. The first-order valence-electron chi connectivity index (χ1n) is 8.25. The third-order valence-corrected chi connectivity index (χ3v) is 4.67. The molecular formula is C20H26N2OS. The minimum absolute atomic E-state index is 0.736. The van der Waals surface area contributed by atoms with Crippen molar-refractivity contribution in [3.63, 3.8) is 0 Å². The lowest BCUT2D eigenvalue weighted by molar-refractivity contribution is 0.401. The number of benzene rings is 2. The van der Waals surface area contributed by atoms with Crippen molar-refractivity contribution < 1.29 is 4.74 Å². The van der Waals surface area contributed by atoms with E-state index >= 15 is 0 Å². The highest BCUT2D eigenvalue weighted by Gasteiger charge is 2.19. The van der Waals surface area contributed by atoms with Crippen molar-refractivity contribution in [2.24, 2.45) is 10.7 Å². The zero-order chi connectivity index (χ0) is 17.5. The molecule has 2 heterocycles. The van der Waals surface area contributed by atoms with E-state index in [4.69, 9.17) is 10.5 Å². The average molecular weight is 343 g/mol. The van der Waals surface area contributed by atoms with Crippen molar-refractivity contribution in [1.82, 2.24) is 0 Å². The molecule has 128 valence electrons. The molecular weight excluding hydrogens is 316 g/mol. The Morgan fingerprint density at radius 1 is 1.12 bits per heavy atom. The van der Waals surface area contributed by atoms with E-state index < -0.39 is 0 Å². The summed E-state index contributed by atoms with van der Waals surface area (Å²) >= 11 is 1.74. The fourth-order valence-electron chi connectivity index (χ4n) is 2.36. The molecule has 0 amide bonds. The molecule has 0 aromatic heterocycles. The normalized spacial score (nSPS) is 11.9. The van der Waals surface area contributed by atoms with Crippen molar-refractivity contribution in [2.45, 2.75) is 38.5 Å². The van der Waals surface area contributed by atoms with E-state index in [9.17, 15) is 0 Å². The van der Waals surface area contributed by atoms with Gasteiger partial charge in [-0.2, -0.15) is 0 Å². The Hall–Kier alpha value is -1.94. The monoisotopic (exact) mass is 342 g/mol. The number of nitrogens with two attached hydrogens (primary N) is 1. The highest BCUT2D eigenvalue weighted by molar-refractivity contribution is 7.98. The van der Waals surface area contributed by atoms with Crippen molar-refractivity contribution in [3.8, 4) is 11.5 Å². The second-order valence-corrected chi connectivity index (χ2v) is 6.67. The fourth-order valence-corrected chi connectivity index (χ4v) is 2.99. The second-order valence-electron chi connectivity index (χ2n) is 5.86. The molecule has 0 saturated carbocycles. The number of ether oxygens (including phenoxy) is 1. The summed E-state index contributed by atoms with van der Waals surface area (Å²) in [4.78, 5) is 5.57. The minimum atomic E-state index is 0.736. The predicted octanol–water partition coefficient (Wildman–Crippen LogP) is 5.13. The van der Waals surface area contributed by atoms with Crippen LogP contribution in [0.4, 0.5) is 0 Å². The lowest BCUT2D eigenvalue weighted by atomic mass is 10.0. The lowest BCUT2D eigenvalue weighted by Gasteiger charge is -2.21. The van der Waals surface area contributed by atoms with Gasteiger partial charge in [0.1, 0.15) is 11.5 Å². The Morgan fingerprint density at radius 2 is 1.83 bits per heavy atom. The van der Waals surface area contributed by atoms with Gasteiger partial charge in [-0.1, -0.05) is 31.2 Å². The zero-order valence-corrected chi connectivity index (χ0v) is 15.7. The van der Waals surface area contributed by atoms with E-state index in [0.717, 1.165) is 36.7 Å². The zero-order valence-electron chi connectivity index (χ0n) is 14.9. The molecule has 2 aliphatic heterocycles. The van der Waals surface area contributed by atoms with Gasteiger partial charge in [0.05, 0.1) is 10.7 Å². The van der Waals surface area contributed by atoms with Crippen LogP contribution in [0.1, 0.15) is 30.0 Å². The predicted molar refractivity (Wildman–Crippen MR) is 105 cm³/mol. The third kappa shape index (κ3) is 4.78. The van der Waals surface area contributed by atoms with Gasteiger partial charge < -0.3 is 10.5 Å². The molecule has 0 unspecified atom stereocenters. The highest BCUT2D eigenvalue weighted by Crippen LogP contribution is 2.47. The van der Waals surface area contributed by atoms with E-state index in [2.05, 4.69) is 50.2 Å². The Kier molecular flexibility index (Phi) is 6.73. The van der Waals surface area contributed by atoms with Crippen LogP contribution in [0.25, 0.3) is 0 Å². The molecule has 2 aromatic rings. The first kappa shape index (κ1) is 18.4. The molecule has 0 fully saturated rings. The van der Waals surface area contributed by atoms with E-state index in [1.807, 2.05) is 18.2 Å². The molecule has 3 nitrogen and oxygen atoms in total. The van der Waals surface area contributed by atoms with E-state index in [1.54, 1.807) is 11.8 Å². The highest BCUT2D eigenvalue weighted by atomic mass is 32.2. The van der Waals surface area contributed by atoms with Crippen LogP contribution in [0.2, 0.25) is 0 Å². The lowest BCUT2D eigenvalue weighted by Crippen LogP contribution is -2.15. The molecule has 2 N–H and O–H groups in total. The Labute approximate surface area is 149 Å². The number of hydrogen-bond donors (Lipinski definition) is 1. The largest absolute Gasteiger partial charge is 0.455 e. The van der Waals surface area contributed by atoms with Gasteiger partial charge in [-0.05, 0) is 55.3 Å². The summed E-state index contributed by atoms with van der Waals surface area (Å²) in [5.41, 5.74) is 9.71. The van der Waals surface area contributed by atoms with Gasteiger partial charge in [0.2, 0.25) is 0 Å². The fraction of sp³-hybridized carbons (Fsp3) is 0.350. The number of fused-ring (bicyclic) bond motifs is 2. The molecule has 0 radical (unpaired) electrons. The van der Waals surface area contributed by atoms with Crippen molar-refractivity contribution >= 4 is 17.6 Å². The number of amidine groups is 1. The van der Waals surface area contributed by atoms with Crippen LogP contribution in [0, 0.1) is 13.8 Å². The summed E-state index contributed by atoms with van der Waals surface area (Å²) in [7, 11) is 0. The van der Waals surface area contributed by atoms with E-state index in [-0.39, 0.29) is 0 Å².